The number of hydrogen-bond donors (Lipinski definition) is 2. The van der Waals surface area contributed by atoms with Gasteiger partial charge in [0, 0.05) is 21.2 Å². The lowest BCUT2D eigenvalue weighted by Crippen LogP contribution is -2.34. The molecular weight excluding hydrogens is 545 g/mol. The third kappa shape index (κ3) is 6.03. The molecule has 0 bridgehead atoms. The second-order valence-corrected chi connectivity index (χ2v) is 9.52. The number of hydrogen-bond acceptors (Lipinski definition) is 6. The van der Waals surface area contributed by atoms with Crippen LogP contribution in [-0.2, 0) is 4.79 Å². The van der Waals surface area contributed by atoms with Gasteiger partial charge < -0.3 is 10.1 Å². The average Bonchev–Trinajstić information content (AvgIpc) is 3.22. The van der Waals surface area contributed by atoms with Gasteiger partial charge in [0.05, 0.1) is 27.8 Å². The lowest BCUT2D eigenvalue weighted by Gasteiger charge is -2.07. The van der Waals surface area contributed by atoms with Crippen LogP contribution >= 0.6 is 46.1 Å². The van der Waals surface area contributed by atoms with Crippen LogP contribution in [0.25, 0.3) is 10.1 Å². The first-order chi connectivity index (χ1) is 17.3. The molecule has 3 aromatic carbocycles. The predicted octanol–water partition coefficient (Wildman–Crippen LogP) is 5.96. The Morgan fingerprint density at radius 3 is 2.47 bits per heavy atom. The maximum atomic E-state index is 12.8. The van der Waals surface area contributed by atoms with Gasteiger partial charge in [-0.2, -0.15) is 5.10 Å². The van der Waals surface area contributed by atoms with E-state index in [-0.39, 0.29) is 27.8 Å². The molecule has 2 N–H and O–H groups in total. The number of esters is 1. The Morgan fingerprint density at radius 1 is 0.944 bits per heavy atom. The quantitative estimate of drug-likeness (QED) is 0.126. The molecule has 0 radical (unpaired) electrons. The molecule has 0 fully saturated rings. The molecule has 0 saturated carbocycles. The number of rotatable bonds is 7. The van der Waals surface area contributed by atoms with Gasteiger partial charge in [-0.15, -0.1) is 11.3 Å². The fourth-order valence-electron chi connectivity index (χ4n) is 3.08. The second kappa shape index (κ2) is 11.5. The van der Waals surface area contributed by atoms with Crippen LogP contribution in [0, 0.1) is 0 Å². The topological polar surface area (TPSA) is 96.9 Å². The Kier molecular flexibility index (Phi) is 8.22. The SMILES string of the molecule is O=C(CNC(=O)c1ccc(Cl)c(Cl)c1)N/N=C/c1ccccc1OC(=O)c1sc2ccccc2c1Cl. The lowest BCUT2D eigenvalue weighted by atomic mass is 10.2. The number of halogens is 3. The molecule has 2 amide bonds. The fraction of sp³-hybridized carbons (Fsp3) is 0.0400. The number of fused-ring (bicyclic) bond motifs is 1. The van der Waals surface area contributed by atoms with Gasteiger partial charge in [0.15, 0.2) is 0 Å². The Bertz CT molecular complexity index is 1500. The van der Waals surface area contributed by atoms with Crippen molar-refractivity contribution in [2.75, 3.05) is 6.54 Å². The van der Waals surface area contributed by atoms with Crippen LogP contribution in [0.3, 0.4) is 0 Å². The van der Waals surface area contributed by atoms with Gasteiger partial charge in [-0.1, -0.05) is 65.1 Å². The molecule has 0 atom stereocenters. The summed E-state index contributed by atoms with van der Waals surface area (Å²) < 4.78 is 6.42. The number of para-hydroxylation sites is 1. The summed E-state index contributed by atoms with van der Waals surface area (Å²) in [4.78, 5) is 37.3. The summed E-state index contributed by atoms with van der Waals surface area (Å²) in [5, 5.41) is 8.00. The summed E-state index contributed by atoms with van der Waals surface area (Å²) >= 11 is 19.4. The van der Waals surface area contributed by atoms with E-state index in [1.54, 1.807) is 24.3 Å². The number of carbonyl (C=O) groups excluding carboxylic acids is 3. The number of nitrogens with one attached hydrogen (secondary N) is 2. The molecule has 0 aliphatic rings. The highest BCUT2D eigenvalue weighted by molar-refractivity contribution is 7.21. The summed E-state index contributed by atoms with van der Waals surface area (Å²) in [6.45, 7) is -0.322. The minimum atomic E-state index is -0.601. The number of benzene rings is 3. The van der Waals surface area contributed by atoms with Crippen molar-refractivity contribution in [2.24, 2.45) is 5.10 Å². The molecule has 4 rings (SSSR count). The monoisotopic (exact) mass is 559 g/mol. The molecule has 1 aromatic heterocycles. The van der Waals surface area contributed by atoms with E-state index < -0.39 is 17.8 Å². The summed E-state index contributed by atoms with van der Waals surface area (Å²) in [5.41, 5.74) is 3.01. The largest absolute Gasteiger partial charge is 0.422 e. The standard InChI is InChI=1S/C25H16Cl3N3O4S/c26-17-10-9-14(11-18(17)27)24(33)29-13-21(32)31-30-12-15-5-1-3-7-19(15)35-25(34)23-22(28)16-6-2-4-8-20(16)36-23/h1-12H,13H2,(H,29,33)(H,31,32)/b30-12+. The zero-order valence-electron chi connectivity index (χ0n) is 18.3. The Morgan fingerprint density at radius 2 is 1.69 bits per heavy atom. The van der Waals surface area contributed by atoms with Crippen molar-refractivity contribution in [2.45, 2.75) is 0 Å². The highest BCUT2D eigenvalue weighted by Gasteiger charge is 2.19. The van der Waals surface area contributed by atoms with Crippen molar-refractivity contribution in [3.05, 3.63) is 97.8 Å². The van der Waals surface area contributed by atoms with Crippen LogP contribution in [0.15, 0.2) is 71.8 Å². The summed E-state index contributed by atoms with van der Waals surface area (Å²) in [7, 11) is 0. The lowest BCUT2D eigenvalue weighted by molar-refractivity contribution is -0.120. The van der Waals surface area contributed by atoms with E-state index in [0.717, 1.165) is 10.1 Å². The fourth-order valence-corrected chi connectivity index (χ4v) is 4.77. The number of nitrogens with zero attached hydrogens (tertiary/aromatic N) is 1. The van der Waals surface area contributed by atoms with Crippen molar-refractivity contribution in [3.8, 4) is 5.75 Å². The molecule has 0 aliphatic carbocycles. The number of thiophene rings is 1. The van der Waals surface area contributed by atoms with Gasteiger partial charge in [-0.05, 0) is 36.4 Å². The molecule has 4 aromatic rings. The van der Waals surface area contributed by atoms with Gasteiger partial charge in [0.25, 0.3) is 11.8 Å². The van der Waals surface area contributed by atoms with Crippen LogP contribution in [-0.4, -0.2) is 30.5 Å². The highest BCUT2D eigenvalue weighted by atomic mass is 35.5. The summed E-state index contributed by atoms with van der Waals surface area (Å²) in [5.74, 6) is -1.42. The normalized spacial score (nSPS) is 11.0. The first-order valence-corrected chi connectivity index (χ1v) is 12.3. The zero-order valence-corrected chi connectivity index (χ0v) is 21.3. The van der Waals surface area contributed by atoms with Gasteiger partial charge in [0.2, 0.25) is 0 Å². The van der Waals surface area contributed by atoms with Crippen molar-refractivity contribution in [1.29, 1.82) is 0 Å². The van der Waals surface area contributed by atoms with E-state index in [2.05, 4.69) is 15.8 Å². The maximum absolute atomic E-state index is 12.8. The van der Waals surface area contributed by atoms with Crippen molar-refractivity contribution >= 4 is 80.2 Å². The molecule has 11 heteroatoms. The van der Waals surface area contributed by atoms with Crippen LogP contribution in [0.1, 0.15) is 25.6 Å². The summed E-state index contributed by atoms with van der Waals surface area (Å²) in [6.07, 6.45) is 1.33. The Hall–Kier alpha value is -3.43. The zero-order chi connectivity index (χ0) is 25.7. The predicted molar refractivity (Wildman–Crippen MR) is 143 cm³/mol. The highest BCUT2D eigenvalue weighted by Crippen LogP contribution is 2.36. The van der Waals surface area contributed by atoms with E-state index in [1.807, 2.05) is 24.3 Å². The molecule has 7 nitrogen and oxygen atoms in total. The van der Waals surface area contributed by atoms with E-state index in [0.29, 0.717) is 15.6 Å². The number of amides is 2. The van der Waals surface area contributed by atoms with Gasteiger partial charge in [0.1, 0.15) is 10.6 Å². The molecule has 0 saturated heterocycles. The third-order valence-corrected chi connectivity index (χ3v) is 7.22. The van der Waals surface area contributed by atoms with Gasteiger partial charge in [-0.25, -0.2) is 10.2 Å². The molecule has 0 spiro atoms. The van der Waals surface area contributed by atoms with E-state index in [4.69, 9.17) is 39.5 Å². The van der Waals surface area contributed by atoms with Crippen molar-refractivity contribution in [1.82, 2.24) is 10.7 Å². The second-order valence-electron chi connectivity index (χ2n) is 7.27. The van der Waals surface area contributed by atoms with E-state index in [9.17, 15) is 14.4 Å². The molecule has 182 valence electrons. The number of carbonyl (C=O) groups is 3. The number of hydrazone groups is 1. The smallest absolute Gasteiger partial charge is 0.355 e. The first kappa shape index (κ1) is 25.7. The maximum Gasteiger partial charge on any atom is 0.355 e. The third-order valence-electron chi connectivity index (χ3n) is 4.83. The average molecular weight is 561 g/mol. The van der Waals surface area contributed by atoms with Crippen molar-refractivity contribution < 1.29 is 19.1 Å². The minimum absolute atomic E-state index is 0.229. The molecule has 0 unspecified atom stereocenters. The Labute approximate surface area is 224 Å². The molecule has 1 heterocycles. The van der Waals surface area contributed by atoms with E-state index in [1.165, 1.54) is 35.8 Å². The van der Waals surface area contributed by atoms with Crippen LogP contribution in [0.4, 0.5) is 0 Å². The van der Waals surface area contributed by atoms with Crippen molar-refractivity contribution in [3.63, 3.8) is 0 Å². The van der Waals surface area contributed by atoms with Crippen LogP contribution in [0.5, 0.6) is 5.75 Å². The minimum Gasteiger partial charge on any atom is -0.422 e. The van der Waals surface area contributed by atoms with Gasteiger partial charge >= 0.3 is 5.97 Å². The van der Waals surface area contributed by atoms with Crippen LogP contribution in [0.2, 0.25) is 15.1 Å². The van der Waals surface area contributed by atoms with Gasteiger partial charge in [-0.3, -0.25) is 9.59 Å². The first-order valence-electron chi connectivity index (χ1n) is 10.4. The Balaban J connectivity index is 1.36. The van der Waals surface area contributed by atoms with Crippen LogP contribution < -0.4 is 15.5 Å². The summed E-state index contributed by atoms with van der Waals surface area (Å²) in [6, 6.07) is 18.5. The van der Waals surface area contributed by atoms with E-state index >= 15 is 0 Å². The molecule has 36 heavy (non-hydrogen) atoms. The number of ether oxygens (including phenoxy) is 1. The molecular formula is C25H16Cl3N3O4S. The molecule has 0 aliphatic heterocycles.